The normalized spacial score (nSPS) is 9.64. The Hall–Kier alpha value is -1.07. The molecular formula is C8H8ClFN2OS. The van der Waals surface area contributed by atoms with Gasteiger partial charge >= 0.3 is 0 Å². The molecular weight excluding hydrogens is 227 g/mol. The molecule has 0 atom stereocenters. The Morgan fingerprint density at radius 1 is 1.64 bits per heavy atom. The summed E-state index contributed by atoms with van der Waals surface area (Å²) < 4.78 is 18.3. The minimum Gasteiger partial charge on any atom is -0.492 e. The maximum Gasteiger partial charge on any atom is 0.190 e. The van der Waals surface area contributed by atoms with Crippen LogP contribution in [0.4, 0.5) is 10.1 Å². The molecule has 1 aromatic carbocycles. The lowest BCUT2D eigenvalue weighted by molar-refractivity contribution is 0.388. The van der Waals surface area contributed by atoms with E-state index in [9.17, 15) is 4.39 Å². The maximum atomic E-state index is 13.5. The van der Waals surface area contributed by atoms with Crippen LogP contribution < -0.4 is 15.8 Å². The molecule has 0 aliphatic carbocycles. The van der Waals surface area contributed by atoms with Crippen LogP contribution in [-0.4, -0.2) is 12.2 Å². The van der Waals surface area contributed by atoms with Gasteiger partial charge < -0.3 is 15.8 Å². The number of anilines is 1. The molecule has 6 heteroatoms. The molecule has 0 fully saturated rings. The van der Waals surface area contributed by atoms with Crippen molar-refractivity contribution in [3.05, 3.63) is 23.0 Å². The van der Waals surface area contributed by atoms with Gasteiger partial charge in [0, 0.05) is 0 Å². The van der Waals surface area contributed by atoms with Crippen molar-refractivity contribution in [2.75, 3.05) is 12.4 Å². The van der Waals surface area contributed by atoms with Crippen LogP contribution in [-0.2, 0) is 0 Å². The van der Waals surface area contributed by atoms with Crippen molar-refractivity contribution >= 4 is 34.6 Å². The largest absolute Gasteiger partial charge is 0.492 e. The van der Waals surface area contributed by atoms with Gasteiger partial charge in [-0.15, -0.1) is 0 Å². The van der Waals surface area contributed by atoms with Gasteiger partial charge in [0.15, 0.2) is 16.7 Å². The maximum absolute atomic E-state index is 13.5. The summed E-state index contributed by atoms with van der Waals surface area (Å²) in [4.78, 5) is 0. The van der Waals surface area contributed by atoms with Crippen molar-refractivity contribution in [1.82, 2.24) is 0 Å². The number of halogens is 2. The number of rotatable bonds is 2. The van der Waals surface area contributed by atoms with Gasteiger partial charge in [-0.3, -0.25) is 0 Å². The lowest BCUT2D eigenvalue weighted by atomic mass is 10.3. The summed E-state index contributed by atoms with van der Waals surface area (Å²) >= 11 is 10.3. The standard InChI is InChI=1S/C8H8ClFN2OS/c1-13-7-4(9)2-3-5(6(7)10)12-8(11)14/h2-3H,1H3,(H3,11,12,14). The fourth-order valence-electron chi connectivity index (χ4n) is 0.949. The lowest BCUT2D eigenvalue weighted by Gasteiger charge is -2.09. The van der Waals surface area contributed by atoms with E-state index >= 15 is 0 Å². The second-order valence-electron chi connectivity index (χ2n) is 2.43. The Morgan fingerprint density at radius 2 is 2.29 bits per heavy atom. The van der Waals surface area contributed by atoms with E-state index in [1.54, 1.807) is 0 Å². The molecule has 0 aliphatic rings. The van der Waals surface area contributed by atoms with E-state index < -0.39 is 5.82 Å². The number of nitrogens with two attached hydrogens (primary N) is 1. The Labute approximate surface area is 91.0 Å². The second kappa shape index (κ2) is 4.43. The summed E-state index contributed by atoms with van der Waals surface area (Å²) in [5.74, 6) is -0.652. The molecule has 0 amide bonds. The van der Waals surface area contributed by atoms with E-state index in [-0.39, 0.29) is 21.6 Å². The highest BCUT2D eigenvalue weighted by molar-refractivity contribution is 7.80. The van der Waals surface area contributed by atoms with Gasteiger partial charge in [-0.1, -0.05) is 11.6 Å². The molecule has 1 rings (SSSR count). The smallest absolute Gasteiger partial charge is 0.190 e. The SMILES string of the molecule is COc1c(Cl)ccc(NC(N)=S)c1F. The van der Waals surface area contributed by atoms with Crippen molar-refractivity contribution in [2.45, 2.75) is 0 Å². The number of benzene rings is 1. The Kier molecular flexibility index (Phi) is 3.49. The van der Waals surface area contributed by atoms with Gasteiger partial charge in [-0.2, -0.15) is 0 Å². The third-order valence-electron chi connectivity index (χ3n) is 1.51. The van der Waals surface area contributed by atoms with Crippen LogP contribution in [0, 0.1) is 5.82 Å². The molecule has 0 unspecified atom stereocenters. The second-order valence-corrected chi connectivity index (χ2v) is 3.28. The van der Waals surface area contributed by atoms with Crippen LogP contribution in [0.3, 0.4) is 0 Å². The molecule has 3 nitrogen and oxygen atoms in total. The van der Waals surface area contributed by atoms with Crippen LogP contribution in [0.25, 0.3) is 0 Å². The molecule has 1 aromatic rings. The molecule has 0 spiro atoms. The first-order valence-corrected chi connectivity index (χ1v) is 4.43. The van der Waals surface area contributed by atoms with Crippen molar-refractivity contribution in [3.63, 3.8) is 0 Å². The molecule has 3 N–H and O–H groups in total. The molecule has 0 bridgehead atoms. The zero-order chi connectivity index (χ0) is 10.7. The molecule has 0 aliphatic heterocycles. The van der Waals surface area contributed by atoms with Gasteiger partial charge in [-0.25, -0.2) is 4.39 Å². The molecule has 0 saturated heterocycles. The summed E-state index contributed by atoms with van der Waals surface area (Å²) in [6, 6.07) is 2.92. The van der Waals surface area contributed by atoms with Crippen LogP contribution in [0.1, 0.15) is 0 Å². The first kappa shape index (κ1) is 11.0. The Morgan fingerprint density at radius 3 is 2.79 bits per heavy atom. The third kappa shape index (κ3) is 2.24. The minimum absolute atomic E-state index is 0.0201. The van der Waals surface area contributed by atoms with Crippen molar-refractivity contribution in [1.29, 1.82) is 0 Å². The van der Waals surface area contributed by atoms with Crippen LogP contribution in [0.15, 0.2) is 12.1 Å². The van der Waals surface area contributed by atoms with Gasteiger partial charge in [0.25, 0.3) is 0 Å². The molecule has 0 saturated carbocycles. The zero-order valence-electron chi connectivity index (χ0n) is 7.30. The highest BCUT2D eigenvalue weighted by atomic mass is 35.5. The fourth-order valence-corrected chi connectivity index (χ4v) is 1.28. The van der Waals surface area contributed by atoms with E-state index in [1.165, 1.54) is 19.2 Å². The number of methoxy groups -OCH3 is 1. The molecule has 0 radical (unpaired) electrons. The van der Waals surface area contributed by atoms with Gasteiger partial charge in [0.05, 0.1) is 17.8 Å². The summed E-state index contributed by atoms with van der Waals surface area (Å²) in [7, 11) is 1.33. The zero-order valence-corrected chi connectivity index (χ0v) is 8.88. The predicted molar refractivity (Wildman–Crippen MR) is 58.4 cm³/mol. The summed E-state index contributed by atoms with van der Waals surface area (Å²) in [5, 5.41) is 2.64. The average molecular weight is 235 g/mol. The minimum atomic E-state index is -0.618. The van der Waals surface area contributed by atoms with E-state index in [4.69, 9.17) is 22.1 Å². The van der Waals surface area contributed by atoms with Gasteiger partial charge in [0.1, 0.15) is 0 Å². The number of thiocarbonyl (C=S) groups is 1. The lowest BCUT2D eigenvalue weighted by Crippen LogP contribution is -2.19. The first-order chi connectivity index (χ1) is 6.56. The third-order valence-corrected chi connectivity index (χ3v) is 1.91. The number of ether oxygens (including phenoxy) is 1. The average Bonchev–Trinajstić information content (AvgIpc) is 2.10. The highest BCUT2D eigenvalue weighted by Gasteiger charge is 2.12. The van der Waals surface area contributed by atoms with E-state index in [1.807, 2.05) is 0 Å². The van der Waals surface area contributed by atoms with E-state index in [0.29, 0.717) is 0 Å². The van der Waals surface area contributed by atoms with Gasteiger partial charge in [-0.05, 0) is 24.4 Å². The number of hydrogen-bond donors (Lipinski definition) is 2. The molecule has 0 heterocycles. The van der Waals surface area contributed by atoms with Crippen LogP contribution in [0.5, 0.6) is 5.75 Å². The predicted octanol–water partition coefficient (Wildman–Crippen LogP) is 2.14. The quantitative estimate of drug-likeness (QED) is 0.770. The molecule has 0 aromatic heterocycles. The van der Waals surface area contributed by atoms with Gasteiger partial charge in [0.2, 0.25) is 0 Å². The number of nitrogens with one attached hydrogen (secondary N) is 1. The molecule has 14 heavy (non-hydrogen) atoms. The Bertz CT molecular complexity index is 373. The van der Waals surface area contributed by atoms with Crippen LogP contribution in [0.2, 0.25) is 5.02 Å². The van der Waals surface area contributed by atoms with Crippen LogP contribution >= 0.6 is 23.8 Å². The topological polar surface area (TPSA) is 47.3 Å². The highest BCUT2D eigenvalue weighted by Crippen LogP contribution is 2.32. The van der Waals surface area contributed by atoms with E-state index in [2.05, 4.69) is 17.5 Å². The summed E-state index contributed by atoms with van der Waals surface area (Å²) in [5.41, 5.74) is 5.34. The monoisotopic (exact) mass is 234 g/mol. The van der Waals surface area contributed by atoms with E-state index in [0.717, 1.165) is 0 Å². The molecule has 76 valence electrons. The summed E-state index contributed by atoms with van der Waals surface area (Å²) in [6.07, 6.45) is 0. The first-order valence-electron chi connectivity index (χ1n) is 3.64. The van der Waals surface area contributed by atoms with Crippen molar-refractivity contribution < 1.29 is 9.13 Å². The van der Waals surface area contributed by atoms with Crippen molar-refractivity contribution in [2.24, 2.45) is 5.73 Å². The Balaban J connectivity index is 3.14. The van der Waals surface area contributed by atoms with Crippen molar-refractivity contribution in [3.8, 4) is 5.75 Å². The summed E-state index contributed by atoms with van der Waals surface area (Å²) in [6.45, 7) is 0. The number of hydrogen-bond acceptors (Lipinski definition) is 2. The fraction of sp³-hybridized carbons (Fsp3) is 0.125.